The van der Waals surface area contributed by atoms with Crippen LogP contribution in [0.2, 0.25) is 5.02 Å². The Bertz CT molecular complexity index is 1070. The summed E-state index contributed by atoms with van der Waals surface area (Å²) in [5.41, 5.74) is 1.19. The first kappa shape index (κ1) is 24.3. The van der Waals surface area contributed by atoms with Gasteiger partial charge in [0.15, 0.2) is 6.61 Å². The van der Waals surface area contributed by atoms with Crippen LogP contribution in [0.1, 0.15) is 12.5 Å². The number of piperazine rings is 1. The Balaban J connectivity index is 1.72. The van der Waals surface area contributed by atoms with Gasteiger partial charge in [-0.05, 0) is 55.4 Å². The van der Waals surface area contributed by atoms with Gasteiger partial charge < -0.3 is 19.7 Å². The highest BCUT2D eigenvalue weighted by molar-refractivity contribution is 7.89. The average molecular weight is 482 g/mol. The van der Waals surface area contributed by atoms with Crippen LogP contribution in [0.3, 0.4) is 0 Å². The van der Waals surface area contributed by atoms with Gasteiger partial charge in [0.2, 0.25) is 10.0 Å². The van der Waals surface area contributed by atoms with Crippen molar-refractivity contribution in [3.8, 4) is 11.5 Å². The van der Waals surface area contributed by atoms with E-state index in [2.05, 4.69) is 10.2 Å². The zero-order valence-electron chi connectivity index (χ0n) is 18.4. The van der Waals surface area contributed by atoms with Crippen molar-refractivity contribution in [3.63, 3.8) is 0 Å². The lowest BCUT2D eigenvalue weighted by Crippen LogP contribution is -2.47. The molecule has 1 aliphatic heterocycles. The van der Waals surface area contributed by atoms with Crippen molar-refractivity contribution < 1.29 is 22.7 Å². The number of sulfonamides is 1. The summed E-state index contributed by atoms with van der Waals surface area (Å²) in [5, 5.41) is 3.33. The largest absolute Gasteiger partial charge is 0.495 e. The molecule has 1 fully saturated rings. The molecule has 0 atom stereocenters. The van der Waals surface area contributed by atoms with Gasteiger partial charge in [0, 0.05) is 31.2 Å². The van der Waals surface area contributed by atoms with Crippen LogP contribution >= 0.6 is 11.6 Å². The molecule has 1 aliphatic rings. The lowest BCUT2D eigenvalue weighted by molar-refractivity contribution is -0.118. The molecule has 0 spiro atoms. The third-order valence-corrected chi connectivity index (χ3v) is 7.58. The number of benzene rings is 2. The molecule has 174 valence electrons. The Labute approximate surface area is 194 Å². The fourth-order valence-electron chi connectivity index (χ4n) is 3.37. The molecule has 1 amide bonds. The summed E-state index contributed by atoms with van der Waals surface area (Å²) < 4.78 is 38.4. The molecule has 0 aliphatic carbocycles. The van der Waals surface area contributed by atoms with Crippen molar-refractivity contribution in [2.24, 2.45) is 0 Å². The predicted octanol–water partition coefficient (Wildman–Crippen LogP) is 2.86. The molecule has 1 heterocycles. The summed E-state index contributed by atoms with van der Waals surface area (Å²) in [5.74, 6) is 0.445. The van der Waals surface area contributed by atoms with Gasteiger partial charge in [0.1, 0.15) is 11.5 Å². The lowest BCUT2D eigenvalue weighted by Gasteiger charge is -2.31. The predicted molar refractivity (Wildman–Crippen MR) is 124 cm³/mol. The standard InChI is InChI=1S/C22H28ClN3O5S/c1-4-16-13-17(5-7-19(16)23)31-15-22(27)24-20-14-18(6-8-21(20)30-3)32(28,29)26-11-9-25(2)10-12-26/h5-8,13-14H,4,9-12,15H2,1-3H3,(H,24,27). The molecule has 8 nitrogen and oxygen atoms in total. The van der Waals surface area contributed by atoms with Crippen molar-refractivity contribution in [1.82, 2.24) is 9.21 Å². The summed E-state index contributed by atoms with van der Waals surface area (Å²) in [6, 6.07) is 9.65. The zero-order chi connectivity index (χ0) is 23.3. The molecular formula is C22H28ClN3O5S. The average Bonchev–Trinajstić information content (AvgIpc) is 2.78. The molecule has 2 aromatic carbocycles. The molecule has 32 heavy (non-hydrogen) atoms. The number of carbonyl (C=O) groups is 1. The minimum absolute atomic E-state index is 0.101. The number of anilines is 1. The fraction of sp³-hybridized carbons (Fsp3) is 0.409. The molecule has 0 radical (unpaired) electrons. The Morgan fingerprint density at radius 2 is 1.84 bits per heavy atom. The summed E-state index contributed by atoms with van der Waals surface area (Å²) in [4.78, 5) is 14.7. The SMILES string of the molecule is CCc1cc(OCC(=O)Nc2cc(S(=O)(=O)N3CCN(C)CC3)ccc2OC)ccc1Cl. The second-order valence-electron chi connectivity index (χ2n) is 7.51. The van der Waals surface area contributed by atoms with Gasteiger partial charge in [-0.2, -0.15) is 4.31 Å². The van der Waals surface area contributed by atoms with Crippen LogP contribution in [0.15, 0.2) is 41.3 Å². The highest BCUT2D eigenvalue weighted by Crippen LogP contribution is 2.29. The number of nitrogens with zero attached hydrogens (tertiary/aromatic N) is 2. The van der Waals surface area contributed by atoms with E-state index in [1.54, 1.807) is 18.2 Å². The zero-order valence-corrected chi connectivity index (χ0v) is 20.0. The fourth-order valence-corrected chi connectivity index (χ4v) is 5.07. The molecule has 1 saturated heterocycles. The van der Waals surface area contributed by atoms with Crippen LogP contribution in [0, 0.1) is 0 Å². The number of nitrogens with one attached hydrogen (secondary N) is 1. The van der Waals surface area contributed by atoms with Gasteiger partial charge in [0.25, 0.3) is 5.91 Å². The molecule has 2 aromatic rings. The summed E-state index contributed by atoms with van der Waals surface area (Å²) in [7, 11) is -0.267. The molecule has 0 aromatic heterocycles. The molecule has 0 unspecified atom stereocenters. The van der Waals surface area contributed by atoms with Crippen molar-refractivity contribution in [2.45, 2.75) is 18.2 Å². The second kappa shape index (κ2) is 10.5. The number of halogens is 1. The number of hydrogen-bond donors (Lipinski definition) is 1. The van der Waals surface area contributed by atoms with Crippen molar-refractivity contribution in [1.29, 1.82) is 0 Å². The van der Waals surface area contributed by atoms with E-state index < -0.39 is 15.9 Å². The normalized spacial score (nSPS) is 15.4. The van der Waals surface area contributed by atoms with Crippen LogP contribution in [-0.2, 0) is 21.2 Å². The van der Waals surface area contributed by atoms with Gasteiger partial charge in [-0.1, -0.05) is 18.5 Å². The highest BCUT2D eigenvalue weighted by Gasteiger charge is 2.28. The second-order valence-corrected chi connectivity index (χ2v) is 9.86. The first-order valence-corrected chi connectivity index (χ1v) is 12.1. The van der Waals surface area contributed by atoms with Gasteiger partial charge >= 0.3 is 0 Å². The Morgan fingerprint density at radius 3 is 2.50 bits per heavy atom. The van der Waals surface area contributed by atoms with E-state index >= 15 is 0 Å². The van der Waals surface area contributed by atoms with Gasteiger partial charge in [-0.15, -0.1) is 0 Å². The Kier molecular flexibility index (Phi) is 8.00. The number of carbonyl (C=O) groups excluding carboxylic acids is 1. The third-order valence-electron chi connectivity index (χ3n) is 5.31. The van der Waals surface area contributed by atoms with Crippen molar-refractivity contribution in [2.75, 3.05) is 52.3 Å². The maximum Gasteiger partial charge on any atom is 0.262 e. The van der Waals surface area contributed by atoms with E-state index in [0.717, 1.165) is 12.0 Å². The van der Waals surface area contributed by atoms with Gasteiger partial charge in [0.05, 0.1) is 17.7 Å². The first-order valence-electron chi connectivity index (χ1n) is 10.3. The van der Waals surface area contributed by atoms with Crippen LogP contribution in [0.4, 0.5) is 5.69 Å². The van der Waals surface area contributed by atoms with E-state index in [9.17, 15) is 13.2 Å². The van der Waals surface area contributed by atoms with Crippen LogP contribution in [0.25, 0.3) is 0 Å². The smallest absolute Gasteiger partial charge is 0.262 e. The Hall–Kier alpha value is -2.33. The topological polar surface area (TPSA) is 88.2 Å². The number of amides is 1. The molecule has 10 heteroatoms. The maximum absolute atomic E-state index is 13.0. The number of hydrogen-bond acceptors (Lipinski definition) is 6. The van der Waals surface area contributed by atoms with Crippen LogP contribution < -0.4 is 14.8 Å². The molecule has 0 saturated carbocycles. The lowest BCUT2D eigenvalue weighted by atomic mass is 10.1. The van der Waals surface area contributed by atoms with Crippen LogP contribution in [0.5, 0.6) is 11.5 Å². The summed E-state index contributed by atoms with van der Waals surface area (Å²) in [6.07, 6.45) is 0.744. The minimum Gasteiger partial charge on any atom is -0.495 e. The van der Waals surface area contributed by atoms with Crippen LogP contribution in [-0.4, -0.2) is 70.5 Å². The maximum atomic E-state index is 13.0. The highest BCUT2D eigenvalue weighted by atomic mass is 35.5. The first-order chi connectivity index (χ1) is 15.2. The van der Waals surface area contributed by atoms with E-state index in [1.807, 2.05) is 14.0 Å². The van der Waals surface area contributed by atoms with E-state index in [0.29, 0.717) is 42.7 Å². The van der Waals surface area contributed by atoms with E-state index in [4.69, 9.17) is 21.1 Å². The molecule has 1 N–H and O–H groups in total. The van der Waals surface area contributed by atoms with Gasteiger partial charge in [-0.3, -0.25) is 4.79 Å². The number of likely N-dealkylation sites (N-methyl/N-ethyl adjacent to an activating group) is 1. The van der Waals surface area contributed by atoms with Crippen molar-refractivity contribution in [3.05, 3.63) is 47.0 Å². The molecular weight excluding hydrogens is 454 g/mol. The molecule has 3 rings (SSSR count). The minimum atomic E-state index is -3.68. The summed E-state index contributed by atoms with van der Waals surface area (Å²) in [6.45, 7) is 3.90. The number of methoxy groups -OCH3 is 1. The number of rotatable bonds is 8. The Morgan fingerprint density at radius 1 is 1.12 bits per heavy atom. The monoisotopic (exact) mass is 481 g/mol. The number of ether oxygens (including phenoxy) is 2. The third kappa shape index (κ3) is 5.72. The summed E-state index contributed by atoms with van der Waals surface area (Å²) >= 11 is 6.11. The van der Waals surface area contributed by atoms with Gasteiger partial charge in [-0.25, -0.2) is 8.42 Å². The molecule has 0 bridgehead atoms. The van der Waals surface area contributed by atoms with E-state index in [1.165, 1.54) is 29.6 Å². The van der Waals surface area contributed by atoms with Crippen molar-refractivity contribution >= 4 is 33.2 Å². The van der Waals surface area contributed by atoms with E-state index in [-0.39, 0.29) is 17.2 Å². The quantitative estimate of drug-likeness (QED) is 0.623. The number of aryl methyl sites for hydroxylation is 1.